The van der Waals surface area contributed by atoms with Crippen molar-refractivity contribution in [3.05, 3.63) is 23.2 Å². The van der Waals surface area contributed by atoms with Gasteiger partial charge in [0.05, 0.1) is 17.0 Å². The van der Waals surface area contributed by atoms with Crippen LogP contribution >= 0.6 is 11.6 Å². The molecule has 72 valence electrons. The number of phenolic OH excluding ortho intramolecular Hbond substituents is 1. The molecular weight excluding hydrogens is 214 g/mol. The van der Waals surface area contributed by atoms with Gasteiger partial charge in [0.2, 0.25) is 10.0 Å². The number of hydrogen-bond donors (Lipinski definition) is 2. The molecule has 1 rings (SSSR count). The van der Waals surface area contributed by atoms with E-state index in [1.807, 2.05) is 0 Å². The van der Waals surface area contributed by atoms with Gasteiger partial charge in [0.1, 0.15) is 5.75 Å². The fourth-order valence-corrected chi connectivity index (χ4v) is 1.58. The lowest BCUT2D eigenvalue weighted by molar-refractivity contribution is 0.475. The van der Waals surface area contributed by atoms with Crippen LogP contribution < -0.4 is 4.72 Å². The van der Waals surface area contributed by atoms with Crippen LogP contribution in [0.4, 0.5) is 5.69 Å². The van der Waals surface area contributed by atoms with E-state index in [0.29, 0.717) is 0 Å². The molecule has 0 unspecified atom stereocenters. The van der Waals surface area contributed by atoms with Gasteiger partial charge >= 0.3 is 0 Å². The summed E-state index contributed by atoms with van der Waals surface area (Å²) in [5.74, 6) is -0.0458. The number of rotatable bonds is 2. The molecule has 0 aliphatic heterocycles. The van der Waals surface area contributed by atoms with Crippen molar-refractivity contribution < 1.29 is 13.5 Å². The highest BCUT2D eigenvalue weighted by Gasteiger charge is 2.06. The SMILES string of the molecule is CS(=O)(=O)Nc1cc(O)ccc1Cl. The second kappa shape index (κ2) is 3.43. The van der Waals surface area contributed by atoms with Gasteiger partial charge in [-0.05, 0) is 12.1 Å². The summed E-state index contributed by atoms with van der Waals surface area (Å²) < 4.78 is 23.8. The zero-order chi connectivity index (χ0) is 10.1. The van der Waals surface area contributed by atoms with Gasteiger partial charge in [-0.1, -0.05) is 11.6 Å². The normalized spacial score (nSPS) is 11.2. The van der Waals surface area contributed by atoms with Gasteiger partial charge in [-0.2, -0.15) is 0 Å². The van der Waals surface area contributed by atoms with Crippen molar-refractivity contribution in [3.8, 4) is 5.75 Å². The Balaban J connectivity index is 3.08. The van der Waals surface area contributed by atoms with E-state index in [-0.39, 0.29) is 16.5 Å². The van der Waals surface area contributed by atoms with Crippen molar-refractivity contribution in [2.75, 3.05) is 11.0 Å². The Bertz CT molecular complexity index is 416. The minimum atomic E-state index is -3.36. The monoisotopic (exact) mass is 221 g/mol. The molecule has 0 aromatic heterocycles. The highest BCUT2D eigenvalue weighted by Crippen LogP contribution is 2.26. The molecule has 0 bridgehead atoms. The van der Waals surface area contributed by atoms with E-state index in [2.05, 4.69) is 4.72 Å². The van der Waals surface area contributed by atoms with Gasteiger partial charge in [-0.25, -0.2) is 8.42 Å². The van der Waals surface area contributed by atoms with Gasteiger partial charge < -0.3 is 5.11 Å². The number of anilines is 1. The highest BCUT2D eigenvalue weighted by atomic mass is 35.5. The van der Waals surface area contributed by atoms with Crippen molar-refractivity contribution in [3.63, 3.8) is 0 Å². The van der Waals surface area contributed by atoms with Crippen LogP contribution in [-0.2, 0) is 10.0 Å². The third-order valence-corrected chi connectivity index (χ3v) is 2.17. The summed E-state index contributed by atoms with van der Waals surface area (Å²) in [5, 5.41) is 9.28. The summed E-state index contributed by atoms with van der Waals surface area (Å²) in [6.45, 7) is 0. The number of halogens is 1. The molecule has 0 amide bonds. The lowest BCUT2D eigenvalue weighted by Gasteiger charge is -2.05. The first-order valence-corrected chi connectivity index (χ1v) is 5.62. The van der Waals surface area contributed by atoms with Gasteiger partial charge in [0.15, 0.2) is 0 Å². The molecule has 0 saturated heterocycles. The van der Waals surface area contributed by atoms with Gasteiger partial charge in [0.25, 0.3) is 0 Å². The van der Waals surface area contributed by atoms with E-state index >= 15 is 0 Å². The van der Waals surface area contributed by atoms with E-state index in [4.69, 9.17) is 16.7 Å². The highest BCUT2D eigenvalue weighted by molar-refractivity contribution is 7.92. The minimum Gasteiger partial charge on any atom is -0.508 e. The summed E-state index contributed by atoms with van der Waals surface area (Å²) in [6.07, 6.45) is 1.01. The van der Waals surface area contributed by atoms with Gasteiger partial charge in [0, 0.05) is 6.07 Å². The van der Waals surface area contributed by atoms with Crippen LogP contribution in [0.2, 0.25) is 5.02 Å². The molecule has 2 N–H and O–H groups in total. The number of phenols is 1. The Labute approximate surface area is 81.2 Å². The second-order valence-electron chi connectivity index (χ2n) is 2.54. The standard InChI is InChI=1S/C7H8ClNO3S/c1-13(11,12)9-7-4-5(10)2-3-6(7)8/h2-4,9-10H,1H3. The van der Waals surface area contributed by atoms with Gasteiger partial charge in [-0.3, -0.25) is 4.72 Å². The maximum Gasteiger partial charge on any atom is 0.229 e. The second-order valence-corrected chi connectivity index (χ2v) is 4.69. The average molecular weight is 222 g/mol. The molecule has 0 saturated carbocycles. The first-order chi connectivity index (χ1) is 5.88. The lowest BCUT2D eigenvalue weighted by Crippen LogP contribution is -2.09. The van der Waals surface area contributed by atoms with Crippen LogP contribution in [-0.4, -0.2) is 19.8 Å². The Morgan fingerprint density at radius 3 is 2.62 bits per heavy atom. The quantitative estimate of drug-likeness (QED) is 0.794. The Kier molecular flexibility index (Phi) is 2.68. The summed E-state index contributed by atoms with van der Waals surface area (Å²) in [5.41, 5.74) is 0.171. The first kappa shape index (κ1) is 10.1. The average Bonchev–Trinajstić information content (AvgIpc) is 1.94. The third-order valence-electron chi connectivity index (χ3n) is 1.25. The van der Waals surface area contributed by atoms with E-state index in [0.717, 1.165) is 6.26 Å². The summed E-state index contributed by atoms with van der Waals surface area (Å²) in [6, 6.07) is 4.02. The molecular formula is C7H8ClNO3S. The fourth-order valence-electron chi connectivity index (χ4n) is 0.791. The summed E-state index contributed by atoms with van der Waals surface area (Å²) in [4.78, 5) is 0. The molecule has 0 radical (unpaired) electrons. The molecule has 0 heterocycles. The molecule has 0 atom stereocenters. The molecule has 0 aliphatic rings. The van der Waals surface area contributed by atoms with E-state index < -0.39 is 10.0 Å². The zero-order valence-corrected chi connectivity index (χ0v) is 8.35. The smallest absolute Gasteiger partial charge is 0.229 e. The number of sulfonamides is 1. The van der Waals surface area contributed by atoms with E-state index in [1.165, 1.54) is 18.2 Å². The summed E-state index contributed by atoms with van der Waals surface area (Å²) >= 11 is 5.66. The zero-order valence-electron chi connectivity index (χ0n) is 6.78. The van der Waals surface area contributed by atoms with Gasteiger partial charge in [-0.15, -0.1) is 0 Å². The van der Waals surface area contributed by atoms with Crippen LogP contribution in [0.3, 0.4) is 0 Å². The largest absolute Gasteiger partial charge is 0.508 e. The topological polar surface area (TPSA) is 66.4 Å². The lowest BCUT2D eigenvalue weighted by atomic mass is 10.3. The molecule has 1 aromatic carbocycles. The number of hydrogen-bond acceptors (Lipinski definition) is 3. The number of benzene rings is 1. The molecule has 6 heteroatoms. The Morgan fingerprint density at radius 1 is 1.46 bits per heavy atom. The van der Waals surface area contributed by atoms with E-state index in [9.17, 15) is 8.42 Å². The molecule has 0 aliphatic carbocycles. The number of aromatic hydroxyl groups is 1. The van der Waals surface area contributed by atoms with Crippen molar-refractivity contribution in [1.82, 2.24) is 0 Å². The molecule has 13 heavy (non-hydrogen) atoms. The molecule has 0 fully saturated rings. The Hall–Kier alpha value is -0.940. The molecule has 0 spiro atoms. The maximum atomic E-state index is 10.8. The fraction of sp³-hybridized carbons (Fsp3) is 0.143. The maximum absolute atomic E-state index is 10.8. The van der Waals surface area contributed by atoms with Crippen LogP contribution in [0.5, 0.6) is 5.75 Å². The predicted molar refractivity (Wildman–Crippen MR) is 51.6 cm³/mol. The van der Waals surface area contributed by atoms with Crippen molar-refractivity contribution in [1.29, 1.82) is 0 Å². The minimum absolute atomic E-state index is 0.0458. The van der Waals surface area contributed by atoms with Crippen LogP contribution in [0.15, 0.2) is 18.2 Å². The Morgan fingerprint density at radius 2 is 2.08 bits per heavy atom. The van der Waals surface area contributed by atoms with E-state index in [1.54, 1.807) is 0 Å². The van der Waals surface area contributed by atoms with Crippen molar-refractivity contribution >= 4 is 27.3 Å². The molecule has 1 aromatic rings. The van der Waals surface area contributed by atoms with Crippen molar-refractivity contribution in [2.24, 2.45) is 0 Å². The third kappa shape index (κ3) is 3.12. The number of nitrogens with one attached hydrogen (secondary N) is 1. The van der Waals surface area contributed by atoms with Crippen molar-refractivity contribution in [2.45, 2.75) is 0 Å². The predicted octanol–water partition coefficient (Wildman–Crippen LogP) is 1.42. The molecule has 4 nitrogen and oxygen atoms in total. The summed E-state index contributed by atoms with van der Waals surface area (Å²) in [7, 11) is -3.36. The van der Waals surface area contributed by atoms with Crippen LogP contribution in [0.1, 0.15) is 0 Å². The first-order valence-electron chi connectivity index (χ1n) is 3.35. The van der Waals surface area contributed by atoms with Crippen LogP contribution in [0.25, 0.3) is 0 Å². The van der Waals surface area contributed by atoms with Crippen LogP contribution in [0, 0.1) is 0 Å².